The predicted octanol–water partition coefficient (Wildman–Crippen LogP) is 3.50. The maximum Gasteiger partial charge on any atom is 0.251 e. The monoisotopic (exact) mass is 429 g/mol. The summed E-state index contributed by atoms with van der Waals surface area (Å²) in [5, 5.41) is 6.88. The van der Waals surface area contributed by atoms with Gasteiger partial charge in [0.2, 0.25) is 0 Å². The van der Waals surface area contributed by atoms with E-state index in [1.54, 1.807) is 38.5 Å². The Morgan fingerprint density at radius 2 is 2.09 bits per heavy atom. The molecule has 3 aromatic rings. The average Bonchev–Trinajstić information content (AvgIpc) is 2.81. The highest BCUT2D eigenvalue weighted by molar-refractivity contribution is 6.06. The number of allylic oxidation sites excluding steroid dienone is 3. The SMILES string of the molecule is C=N/C=C(\C=C(/C)N)c1cc(NC[C@@H](C)c2cccc3c(C(=O)NC)ccnc23)ncn1. The van der Waals surface area contributed by atoms with E-state index in [1.807, 2.05) is 24.3 Å². The minimum Gasteiger partial charge on any atom is -0.402 e. The Hall–Kier alpha value is -4.07. The minimum absolute atomic E-state index is 0.112. The molecule has 0 saturated carbocycles. The van der Waals surface area contributed by atoms with Gasteiger partial charge in [0.05, 0.1) is 16.8 Å². The molecule has 0 aliphatic rings. The molecule has 0 aliphatic heterocycles. The number of carbonyl (C=O) groups is 1. The summed E-state index contributed by atoms with van der Waals surface area (Å²) in [7, 11) is 1.62. The third-order valence-corrected chi connectivity index (χ3v) is 4.97. The van der Waals surface area contributed by atoms with E-state index < -0.39 is 0 Å². The van der Waals surface area contributed by atoms with Crippen LogP contribution < -0.4 is 16.4 Å². The fourth-order valence-electron chi connectivity index (χ4n) is 3.43. The van der Waals surface area contributed by atoms with Gasteiger partial charge in [-0.3, -0.25) is 14.8 Å². The smallest absolute Gasteiger partial charge is 0.251 e. The number of fused-ring (bicyclic) bond motifs is 1. The summed E-state index contributed by atoms with van der Waals surface area (Å²) in [4.78, 5) is 29.2. The lowest BCUT2D eigenvalue weighted by molar-refractivity contribution is 0.0964. The first kappa shape index (κ1) is 22.6. The van der Waals surface area contributed by atoms with Gasteiger partial charge in [0.1, 0.15) is 12.1 Å². The van der Waals surface area contributed by atoms with Crippen LogP contribution >= 0.6 is 0 Å². The molecule has 0 saturated heterocycles. The van der Waals surface area contributed by atoms with Crippen molar-refractivity contribution in [2.24, 2.45) is 10.7 Å². The van der Waals surface area contributed by atoms with Gasteiger partial charge in [-0.2, -0.15) is 0 Å². The number of aliphatic imine (C=N–C) groups is 1. The molecule has 2 aromatic heterocycles. The zero-order valence-electron chi connectivity index (χ0n) is 18.5. The summed E-state index contributed by atoms with van der Waals surface area (Å²) in [6.45, 7) is 8.03. The Bertz CT molecular complexity index is 1200. The Morgan fingerprint density at radius 1 is 1.28 bits per heavy atom. The van der Waals surface area contributed by atoms with Gasteiger partial charge in [0.25, 0.3) is 5.91 Å². The van der Waals surface area contributed by atoms with Gasteiger partial charge in [0.15, 0.2) is 0 Å². The normalized spacial score (nSPS) is 13.0. The van der Waals surface area contributed by atoms with Crippen LogP contribution in [0.4, 0.5) is 5.82 Å². The first-order valence-electron chi connectivity index (χ1n) is 10.2. The molecule has 8 nitrogen and oxygen atoms in total. The molecule has 32 heavy (non-hydrogen) atoms. The quantitative estimate of drug-likeness (QED) is 0.373. The first-order chi connectivity index (χ1) is 15.4. The molecule has 2 heterocycles. The minimum atomic E-state index is -0.131. The molecule has 0 spiro atoms. The molecule has 1 atom stereocenters. The molecule has 0 aliphatic carbocycles. The van der Waals surface area contributed by atoms with Crippen molar-refractivity contribution in [3.8, 4) is 0 Å². The van der Waals surface area contributed by atoms with Gasteiger partial charge < -0.3 is 16.4 Å². The molecular formula is C24H27N7O. The fraction of sp³-hybridized carbons (Fsp3) is 0.208. The molecule has 8 heteroatoms. The number of carbonyl (C=O) groups excluding carboxylic acids is 1. The molecule has 0 unspecified atom stereocenters. The predicted molar refractivity (Wildman–Crippen MR) is 130 cm³/mol. The van der Waals surface area contributed by atoms with E-state index in [0.717, 1.165) is 22.0 Å². The zero-order chi connectivity index (χ0) is 23.1. The van der Waals surface area contributed by atoms with Gasteiger partial charge in [0, 0.05) is 54.6 Å². The molecule has 1 amide bonds. The van der Waals surface area contributed by atoms with Crippen molar-refractivity contribution >= 4 is 34.9 Å². The van der Waals surface area contributed by atoms with E-state index >= 15 is 0 Å². The van der Waals surface area contributed by atoms with Crippen LogP contribution in [0.2, 0.25) is 0 Å². The van der Waals surface area contributed by atoms with Crippen molar-refractivity contribution in [2.75, 3.05) is 18.9 Å². The number of benzene rings is 1. The lowest BCUT2D eigenvalue weighted by Gasteiger charge is -2.16. The van der Waals surface area contributed by atoms with Crippen molar-refractivity contribution in [3.63, 3.8) is 0 Å². The second kappa shape index (κ2) is 10.3. The Labute approximate surface area is 187 Å². The van der Waals surface area contributed by atoms with Crippen molar-refractivity contribution in [2.45, 2.75) is 19.8 Å². The molecule has 3 rings (SSSR count). The van der Waals surface area contributed by atoms with Crippen molar-refractivity contribution in [1.29, 1.82) is 0 Å². The third-order valence-electron chi connectivity index (χ3n) is 4.97. The highest BCUT2D eigenvalue weighted by Gasteiger charge is 2.15. The van der Waals surface area contributed by atoms with Gasteiger partial charge in [-0.15, -0.1) is 0 Å². The summed E-state index contributed by atoms with van der Waals surface area (Å²) in [6, 6.07) is 9.48. The number of rotatable bonds is 8. The number of nitrogens with two attached hydrogens (primary N) is 1. The van der Waals surface area contributed by atoms with Gasteiger partial charge in [-0.05, 0) is 31.3 Å². The number of amides is 1. The van der Waals surface area contributed by atoms with Crippen molar-refractivity contribution in [1.82, 2.24) is 20.3 Å². The van der Waals surface area contributed by atoms with Crippen LogP contribution in [0.25, 0.3) is 16.5 Å². The topological polar surface area (TPSA) is 118 Å². The van der Waals surface area contributed by atoms with E-state index in [-0.39, 0.29) is 11.8 Å². The number of pyridine rings is 1. The van der Waals surface area contributed by atoms with E-state index in [0.29, 0.717) is 29.3 Å². The summed E-state index contributed by atoms with van der Waals surface area (Å²) in [5.74, 6) is 0.660. The molecule has 4 N–H and O–H groups in total. The standard InChI is InChI=1S/C24H27N7O/c1-15(18-6-5-7-19-20(24(32)27-4)8-9-28-23(18)19)12-29-22-11-21(30-14-31-22)17(13-26-3)10-16(2)25/h5-11,13-15H,3,12,25H2,1-2,4H3,(H,27,32)(H,29,30,31)/b16-10+,17-13+/t15-/m1/s1. The number of hydrogen-bond acceptors (Lipinski definition) is 7. The number of anilines is 1. The maximum atomic E-state index is 12.2. The molecule has 0 radical (unpaired) electrons. The Morgan fingerprint density at radius 3 is 2.81 bits per heavy atom. The van der Waals surface area contributed by atoms with Crippen LogP contribution in [-0.4, -0.2) is 41.2 Å². The molecular weight excluding hydrogens is 402 g/mol. The maximum absolute atomic E-state index is 12.2. The Kier molecular flexibility index (Phi) is 7.28. The van der Waals surface area contributed by atoms with E-state index in [1.165, 1.54) is 6.33 Å². The molecule has 0 fully saturated rings. The van der Waals surface area contributed by atoms with Gasteiger partial charge in [-0.25, -0.2) is 9.97 Å². The lowest BCUT2D eigenvalue weighted by Crippen LogP contribution is -2.18. The Balaban J connectivity index is 1.84. The summed E-state index contributed by atoms with van der Waals surface area (Å²) in [6.07, 6.45) is 6.56. The van der Waals surface area contributed by atoms with E-state index in [4.69, 9.17) is 5.73 Å². The van der Waals surface area contributed by atoms with E-state index in [9.17, 15) is 4.79 Å². The number of nitrogens with zero attached hydrogens (tertiary/aromatic N) is 4. The van der Waals surface area contributed by atoms with Crippen LogP contribution in [0.15, 0.2) is 65.8 Å². The third kappa shape index (κ3) is 5.15. The van der Waals surface area contributed by atoms with Crippen LogP contribution in [0.3, 0.4) is 0 Å². The molecule has 164 valence electrons. The second-order valence-electron chi connectivity index (χ2n) is 7.41. The van der Waals surface area contributed by atoms with Crippen LogP contribution in [0, 0.1) is 0 Å². The second-order valence-corrected chi connectivity index (χ2v) is 7.41. The lowest BCUT2D eigenvalue weighted by atomic mass is 9.96. The van der Waals surface area contributed by atoms with Gasteiger partial charge in [-0.1, -0.05) is 25.1 Å². The number of nitrogens with one attached hydrogen (secondary N) is 2. The number of para-hydroxylation sites is 1. The highest BCUT2D eigenvalue weighted by Crippen LogP contribution is 2.26. The fourth-order valence-corrected chi connectivity index (χ4v) is 3.43. The largest absolute Gasteiger partial charge is 0.402 e. The highest BCUT2D eigenvalue weighted by atomic mass is 16.1. The number of hydrogen-bond donors (Lipinski definition) is 3. The van der Waals surface area contributed by atoms with Gasteiger partial charge >= 0.3 is 0 Å². The zero-order valence-corrected chi connectivity index (χ0v) is 18.5. The van der Waals surface area contributed by atoms with Crippen molar-refractivity contribution in [3.05, 3.63) is 77.6 Å². The summed E-state index contributed by atoms with van der Waals surface area (Å²) in [5.41, 5.74) is 10.4. The number of aromatic nitrogens is 3. The first-order valence-corrected chi connectivity index (χ1v) is 10.2. The average molecular weight is 430 g/mol. The van der Waals surface area contributed by atoms with Crippen LogP contribution in [0.5, 0.6) is 0 Å². The summed E-state index contributed by atoms with van der Waals surface area (Å²) >= 11 is 0. The summed E-state index contributed by atoms with van der Waals surface area (Å²) < 4.78 is 0. The van der Waals surface area contributed by atoms with E-state index in [2.05, 4.69) is 44.2 Å². The van der Waals surface area contributed by atoms with Crippen LogP contribution in [-0.2, 0) is 0 Å². The molecule has 0 bridgehead atoms. The van der Waals surface area contributed by atoms with Crippen LogP contribution in [0.1, 0.15) is 41.4 Å². The van der Waals surface area contributed by atoms with Crippen molar-refractivity contribution < 1.29 is 4.79 Å². The molecule has 1 aromatic carbocycles.